The smallest absolute Gasteiger partial charge is 0.0994 e. The summed E-state index contributed by atoms with van der Waals surface area (Å²) in [4.78, 5) is 0. The Hall–Kier alpha value is -1.29. The summed E-state index contributed by atoms with van der Waals surface area (Å²) in [6, 6.07) is 7.96. The normalized spacial score (nSPS) is 9.42. The van der Waals surface area contributed by atoms with Gasteiger partial charge < -0.3 is 0 Å². The average Bonchev–Trinajstić information content (AvgIpc) is 2.08. The van der Waals surface area contributed by atoms with Crippen LogP contribution in [0.5, 0.6) is 0 Å². The second kappa shape index (κ2) is 3.92. The second-order valence-corrected chi connectivity index (χ2v) is 2.85. The van der Waals surface area contributed by atoms with Crippen molar-refractivity contribution in [2.75, 3.05) is 0 Å². The predicted octanol–water partition coefficient (Wildman–Crippen LogP) is 2.69. The molecule has 1 aromatic rings. The van der Waals surface area contributed by atoms with Crippen molar-refractivity contribution in [2.24, 2.45) is 0 Å². The topological polar surface area (TPSA) is 23.8 Å². The molecule has 0 atom stereocenters. The van der Waals surface area contributed by atoms with Gasteiger partial charge in [0.25, 0.3) is 0 Å². The van der Waals surface area contributed by atoms with E-state index in [1.165, 1.54) is 0 Å². The first-order valence-electron chi connectivity index (χ1n) is 4.13. The zero-order chi connectivity index (χ0) is 8.97. The second-order valence-electron chi connectivity index (χ2n) is 2.85. The van der Waals surface area contributed by atoms with Crippen LogP contribution in [0.2, 0.25) is 0 Å². The molecule has 1 nitrogen and oxygen atoms in total. The number of aryl methyl sites for hydroxylation is 1. The number of hydrogen-bond acceptors (Lipinski definition) is 1. The highest BCUT2D eigenvalue weighted by atomic mass is 14.2. The van der Waals surface area contributed by atoms with Crippen LogP contribution in [0, 0.1) is 18.3 Å². The lowest BCUT2D eigenvalue weighted by atomic mass is 10.0. The van der Waals surface area contributed by atoms with Gasteiger partial charge in [0.05, 0.1) is 11.6 Å². The van der Waals surface area contributed by atoms with E-state index in [1.807, 2.05) is 18.2 Å². The van der Waals surface area contributed by atoms with Crippen LogP contribution in [0.15, 0.2) is 18.2 Å². The Morgan fingerprint density at radius 3 is 2.83 bits per heavy atom. The molecule has 1 rings (SSSR count). The Labute approximate surface area is 73.6 Å². The Bertz CT molecular complexity index is 307. The van der Waals surface area contributed by atoms with Gasteiger partial charge in [-0.3, -0.25) is 0 Å². The zero-order valence-electron chi connectivity index (χ0n) is 7.30. The van der Waals surface area contributed by atoms with E-state index in [0.717, 1.165) is 29.5 Å². The molecule has 0 aliphatic heterocycles. The largest absolute Gasteiger partial charge is 0.192 e. The molecule has 0 aliphatic rings. The molecule has 0 saturated carbocycles. The van der Waals surface area contributed by atoms with E-state index >= 15 is 0 Å². The molecule has 0 aromatic heterocycles. The maximum Gasteiger partial charge on any atom is 0.0994 e. The lowest BCUT2D eigenvalue weighted by molar-refractivity contribution is 0.918. The number of nitriles is 1. The van der Waals surface area contributed by atoms with Crippen molar-refractivity contribution in [3.05, 3.63) is 41.8 Å². The molecule has 0 heterocycles. The van der Waals surface area contributed by atoms with Gasteiger partial charge in [0.15, 0.2) is 0 Å². The van der Waals surface area contributed by atoms with E-state index < -0.39 is 0 Å². The lowest BCUT2D eigenvalue weighted by Gasteiger charge is -2.01. The van der Waals surface area contributed by atoms with E-state index in [2.05, 4.69) is 19.9 Å². The van der Waals surface area contributed by atoms with Crippen LogP contribution in [-0.2, 0) is 6.42 Å². The van der Waals surface area contributed by atoms with E-state index in [9.17, 15) is 0 Å². The van der Waals surface area contributed by atoms with Crippen LogP contribution in [0.1, 0.15) is 30.0 Å². The molecular formula is C11H12N. The zero-order valence-corrected chi connectivity index (χ0v) is 7.30. The molecule has 61 valence electrons. The van der Waals surface area contributed by atoms with Crippen molar-refractivity contribution in [3.8, 4) is 6.07 Å². The summed E-state index contributed by atoms with van der Waals surface area (Å²) in [6.07, 6.45) is 2.05. The third-order valence-electron chi connectivity index (χ3n) is 1.81. The van der Waals surface area contributed by atoms with E-state index in [4.69, 9.17) is 5.26 Å². The fourth-order valence-electron chi connectivity index (χ4n) is 1.22. The third-order valence-corrected chi connectivity index (χ3v) is 1.81. The summed E-state index contributed by atoms with van der Waals surface area (Å²) in [7, 11) is 0. The van der Waals surface area contributed by atoms with Crippen LogP contribution in [0.3, 0.4) is 0 Å². The van der Waals surface area contributed by atoms with Crippen LogP contribution in [-0.4, -0.2) is 0 Å². The fraction of sp³-hybridized carbons (Fsp3) is 0.273. The van der Waals surface area contributed by atoms with Crippen molar-refractivity contribution in [1.29, 1.82) is 5.26 Å². The molecule has 0 bridgehead atoms. The van der Waals surface area contributed by atoms with Gasteiger partial charge in [-0.05, 0) is 30.5 Å². The molecule has 1 heteroatoms. The number of benzene rings is 1. The quantitative estimate of drug-likeness (QED) is 0.649. The van der Waals surface area contributed by atoms with Crippen LogP contribution < -0.4 is 0 Å². The molecule has 0 unspecified atom stereocenters. The molecule has 12 heavy (non-hydrogen) atoms. The average molecular weight is 158 g/mol. The molecule has 0 fully saturated rings. The minimum atomic E-state index is 0.768. The van der Waals surface area contributed by atoms with E-state index in [-0.39, 0.29) is 0 Å². The van der Waals surface area contributed by atoms with Gasteiger partial charge in [-0.15, -0.1) is 0 Å². The van der Waals surface area contributed by atoms with Crippen molar-refractivity contribution in [3.63, 3.8) is 0 Å². The van der Waals surface area contributed by atoms with Crippen LogP contribution >= 0.6 is 0 Å². The monoisotopic (exact) mass is 158 g/mol. The molecule has 1 aromatic carbocycles. The highest BCUT2D eigenvalue weighted by molar-refractivity contribution is 5.41. The minimum absolute atomic E-state index is 0.768. The first-order chi connectivity index (χ1) is 5.77. The van der Waals surface area contributed by atoms with Gasteiger partial charge in [-0.1, -0.05) is 25.5 Å². The van der Waals surface area contributed by atoms with Gasteiger partial charge in [0.2, 0.25) is 0 Å². The maximum absolute atomic E-state index is 8.79. The van der Waals surface area contributed by atoms with Gasteiger partial charge in [-0.2, -0.15) is 5.26 Å². The minimum Gasteiger partial charge on any atom is -0.192 e. The Morgan fingerprint density at radius 1 is 1.50 bits per heavy atom. The molecular weight excluding hydrogens is 146 g/mol. The summed E-state index contributed by atoms with van der Waals surface area (Å²) in [5.41, 5.74) is 2.81. The van der Waals surface area contributed by atoms with Crippen LogP contribution in [0.4, 0.5) is 0 Å². The predicted molar refractivity (Wildman–Crippen MR) is 49.6 cm³/mol. The summed E-state index contributed by atoms with van der Waals surface area (Å²) in [6.45, 7) is 5.89. The molecule has 1 radical (unpaired) electrons. The standard InChI is InChI=1S/C11H12N/c1-3-4-10-6-5-9(2)7-11(10)8-12/h5-7H,2-4H2,1H3. The SMILES string of the molecule is [CH2]c1ccc(CCC)c(C#N)c1. The Morgan fingerprint density at radius 2 is 2.25 bits per heavy atom. The van der Waals surface area contributed by atoms with Crippen molar-refractivity contribution >= 4 is 0 Å². The highest BCUT2D eigenvalue weighted by Gasteiger charge is 1.99. The molecule has 0 saturated heterocycles. The molecule has 0 spiro atoms. The Balaban J connectivity index is 3.05. The third kappa shape index (κ3) is 1.85. The Kier molecular flexibility index (Phi) is 2.88. The van der Waals surface area contributed by atoms with E-state index in [1.54, 1.807) is 0 Å². The summed E-state index contributed by atoms with van der Waals surface area (Å²) in [5.74, 6) is 0. The van der Waals surface area contributed by atoms with Crippen LogP contribution in [0.25, 0.3) is 0 Å². The van der Waals surface area contributed by atoms with Gasteiger partial charge in [0, 0.05) is 0 Å². The first kappa shape index (κ1) is 8.80. The summed E-state index contributed by atoms with van der Waals surface area (Å²) < 4.78 is 0. The van der Waals surface area contributed by atoms with Gasteiger partial charge in [0.1, 0.15) is 0 Å². The van der Waals surface area contributed by atoms with Crippen molar-refractivity contribution in [2.45, 2.75) is 19.8 Å². The molecule has 0 N–H and O–H groups in total. The van der Waals surface area contributed by atoms with Gasteiger partial charge in [-0.25, -0.2) is 0 Å². The summed E-state index contributed by atoms with van der Waals surface area (Å²) in [5, 5.41) is 8.79. The van der Waals surface area contributed by atoms with E-state index in [0.29, 0.717) is 0 Å². The maximum atomic E-state index is 8.79. The number of nitrogens with zero attached hydrogens (tertiary/aromatic N) is 1. The first-order valence-corrected chi connectivity index (χ1v) is 4.13. The summed E-state index contributed by atoms with van der Waals surface area (Å²) >= 11 is 0. The molecule has 0 aliphatic carbocycles. The number of rotatable bonds is 2. The van der Waals surface area contributed by atoms with Crippen molar-refractivity contribution in [1.82, 2.24) is 0 Å². The number of hydrogen-bond donors (Lipinski definition) is 0. The fourth-order valence-corrected chi connectivity index (χ4v) is 1.22. The highest BCUT2D eigenvalue weighted by Crippen LogP contribution is 2.12. The van der Waals surface area contributed by atoms with Gasteiger partial charge >= 0.3 is 0 Å². The molecule has 0 amide bonds. The lowest BCUT2D eigenvalue weighted by Crippen LogP contribution is -1.89. The van der Waals surface area contributed by atoms with Crippen molar-refractivity contribution < 1.29 is 0 Å².